The third-order valence-corrected chi connectivity index (χ3v) is 4.70. The summed E-state index contributed by atoms with van der Waals surface area (Å²) in [5.41, 5.74) is 0. The predicted molar refractivity (Wildman–Crippen MR) is 74.4 cm³/mol. The summed E-state index contributed by atoms with van der Waals surface area (Å²) in [6, 6.07) is 0.936. The molecule has 18 heavy (non-hydrogen) atoms. The molecule has 1 saturated carbocycles. The lowest BCUT2D eigenvalue weighted by molar-refractivity contribution is -0.127. The van der Waals surface area contributed by atoms with Crippen LogP contribution >= 0.6 is 0 Å². The highest BCUT2D eigenvalue weighted by Crippen LogP contribution is 2.27. The van der Waals surface area contributed by atoms with E-state index in [9.17, 15) is 4.79 Å². The molecule has 0 aromatic carbocycles. The summed E-state index contributed by atoms with van der Waals surface area (Å²) in [5, 5.41) is 6.71. The number of hydrogen-bond acceptors (Lipinski definition) is 2. The fourth-order valence-corrected chi connectivity index (χ4v) is 3.48. The first-order valence-corrected chi connectivity index (χ1v) is 7.72. The number of carbonyl (C=O) groups is 1. The Morgan fingerprint density at radius 1 is 1.28 bits per heavy atom. The van der Waals surface area contributed by atoms with E-state index < -0.39 is 0 Å². The van der Waals surface area contributed by atoms with Crippen molar-refractivity contribution in [1.29, 1.82) is 0 Å². The normalized spacial score (nSPS) is 37.2. The van der Waals surface area contributed by atoms with Gasteiger partial charge in [-0.25, -0.2) is 0 Å². The predicted octanol–water partition coefficient (Wildman–Crippen LogP) is 2.46. The van der Waals surface area contributed by atoms with Crippen molar-refractivity contribution < 1.29 is 4.79 Å². The van der Waals surface area contributed by atoms with Gasteiger partial charge in [-0.3, -0.25) is 4.79 Å². The Morgan fingerprint density at radius 2 is 2.11 bits per heavy atom. The molecule has 3 nitrogen and oxygen atoms in total. The number of nitrogens with one attached hydrogen (secondary N) is 2. The summed E-state index contributed by atoms with van der Waals surface area (Å²) in [5.74, 6) is 1.38. The summed E-state index contributed by atoms with van der Waals surface area (Å²) >= 11 is 0. The van der Waals surface area contributed by atoms with Crippen LogP contribution in [0.4, 0.5) is 0 Å². The maximum atomic E-state index is 12.3. The van der Waals surface area contributed by atoms with Crippen LogP contribution in [0.1, 0.15) is 58.8 Å². The fraction of sp³-hybridized carbons (Fsp3) is 0.933. The zero-order valence-corrected chi connectivity index (χ0v) is 11.9. The third kappa shape index (κ3) is 3.71. The van der Waals surface area contributed by atoms with Crippen molar-refractivity contribution in [2.45, 2.75) is 70.9 Å². The first-order chi connectivity index (χ1) is 8.69. The lowest BCUT2D eigenvalue weighted by Gasteiger charge is -2.32. The molecule has 0 aromatic heterocycles. The van der Waals surface area contributed by atoms with Crippen molar-refractivity contribution in [2.75, 3.05) is 6.54 Å². The molecule has 1 heterocycles. The largest absolute Gasteiger partial charge is 0.353 e. The molecule has 1 saturated heterocycles. The zero-order chi connectivity index (χ0) is 13.0. The van der Waals surface area contributed by atoms with Crippen molar-refractivity contribution >= 4 is 5.91 Å². The maximum Gasteiger partial charge on any atom is 0.223 e. The van der Waals surface area contributed by atoms with Crippen LogP contribution in [-0.2, 0) is 4.79 Å². The van der Waals surface area contributed by atoms with Crippen LogP contribution in [0.2, 0.25) is 0 Å². The average molecular weight is 252 g/mol. The van der Waals surface area contributed by atoms with Gasteiger partial charge in [0.05, 0.1) is 0 Å². The first-order valence-electron chi connectivity index (χ1n) is 7.72. The molecule has 2 fully saturated rings. The zero-order valence-electron chi connectivity index (χ0n) is 11.9. The van der Waals surface area contributed by atoms with Crippen LogP contribution in [0.3, 0.4) is 0 Å². The van der Waals surface area contributed by atoms with E-state index in [-0.39, 0.29) is 5.92 Å². The van der Waals surface area contributed by atoms with Gasteiger partial charge in [0.25, 0.3) is 0 Å². The molecule has 1 aliphatic carbocycles. The van der Waals surface area contributed by atoms with Gasteiger partial charge in [0.1, 0.15) is 0 Å². The smallest absolute Gasteiger partial charge is 0.223 e. The second-order valence-corrected chi connectivity index (χ2v) is 6.22. The van der Waals surface area contributed by atoms with Gasteiger partial charge in [0, 0.05) is 18.0 Å². The van der Waals surface area contributed by atoms with Crippen LogP contribution in [0, 0.1) is 11.8 Å². The Hall–Kier alpha value is -0.570. The standard InChI is InChI=1S/C15H28N2O/c1-3-12-5-4-6-14(10-12)17-15(18)13-7-8-16-11(2)9-13/h11-14,16H,3-10H2,1-2H3,(H,17,18)/t11-,12?,13-,14?/m0/s1. The highest BCUT2D eigenvalue weighted by molar-refractivity contribution is 5.79. The van der Waals surface area contributed by atoms with Gasteiger partial charge in [-0.1, -0.05) is 26.2 Å². The summed E-state index contributed by atoms with van der Waals surface area (Å²) in [6.45, 7) is 5.43. The van der Waals surface area contributed by atoms with E-state index in [0.29, 0.717) is 18.0 Å². The quantitative estimate of drug-likeness (QED) is 0.810. The van der Waals surface area contributed by atoms with Crippen molar-refractivity contribution in [1.82, 2.24) is 10.6 Å². The third-order valence-electron chi connectivity index (χ3n) is 4.70. The first kappa shape index (κ1) is 13.9. The van der Waals surface area contributed by atoms with Crippen LogP contribution in [0.5, 0.6) is 0 Å². The Balaban J connectivity index is 1.79. The van der Waals surface area contributed by atoms with Gasteiger partial charge in [0.15, 0.2) is 0 Å². The number of rotatable bonds is 3. The minimum Gasteiger partial charge on any atom is -0.353 e. The minimum atomic E-state index is 0.239. The van der Waals surface area contributed by atoms with Gasteiger partial charge in [-0.05, 0) is 45.1 Å². The van der Waals surface area contributed by atoms with E-state index in [1.807, 2.05) is 0 Å². The average Bonchev–Trinajstić information content (AvgIpc) is 2.39. The molecule has 1 aliphatic heterocycles. The SMILES string of the molecule is CCC1CCCC(NC(=O)[C@H]2CCN[C@@H](C)C2)C1. The highest BCUT2D eigenvalue weighted by Gasteiger charge is 2.28. The number of carbonyl (C=O) groups excluding carboxylic acids is 1. The molecule has 3 heteroatoms. The molecule has 1 amide bonds. The number of amides is 1. The van der Waals surface area contributed by atoms with E-state index in [4.69, 9.17) is 0 Å². The molecule has 0 spiro atoms. The monoisotopic (exact) mass is 252 g/mol. The lowest BCUT2D eigenvalue weighted by atomic mass is 9.83. The van der Waals surface area contributed by atoms with Gasteiger partial charge in [-0.15, -0.1) is 0 Å². The summed E-state index contributed by atoms with van der Waals surface area (Å²) in [7, 11) is 0. The number of hydrogen-bond donors (Lipinski definition) is 2. The van der Waals surface area contributed by atoms with Gasteiger partial charge < -0.3 is 10.6 Å². The minimum absolute atomic E-state index is 0.239. The second kappa shape index (κ2) is 6.55. The molecule has 0 bridgehead atoms. The Morgan fingerprint density at radius 3 is 2.83 bits per heavy atom. The van der Waals surface area contributed by atoms with Crippen molar-refractivity contribution in [3.8, 4) is 0 Å². The van der Waals surface area contributed by atoms with Crippen molar-refractivity contribution in [3.63, 3.8) is 0 Å². The Kier molecular flexibility index (Phi) is 5.04. The number of piperidine rings is 1. The van der Waals surface area contributed by atoms with Gasteiger partial charge in [-0.2, -0.15) is 0 Å². The van der Waals surface area contributed by atoms with Gasteiger partial charge >= 0.3 is 0 Å². The molecule has 0 aromatic rings. The molecule has 4 atom stereocenters. The molecule has 2 aliphatic rings. The second-order valence-electron chi connectivity index (χ2n) is 6.22. The molecule has 2 N–H and O–H groups in total. The fourth-order valence-electron chi connectivity index (χ4n) is 3.48. The molecule has 2 rings (SSSR count). The summed E-state index contributed by atoms with van der Waals surface area (Å²) in [4.78, 5) is 12.3. The molecular formula is C15H28N2O. The van der Waals surface area contributed by atoms with Crippen molar-refractivity contribution in [3.05, 3.63) is 0 Å². The summed E-state index contributed by atoms with van der Waals surface area (Å²) < 4.78 is 0. The lowest BCUT2D eigenvalue weighted by Crippen LogP contribution is -2.46. The molecular weight excluding hydrogens is 224 g/mol. The summed E-state index contributed by atoms with van der Waals surface area (Å²) in [6.07, 6.45) is 8.28. The Labute approximate surface area is 111 Å². The van der Waals surface area contributed by atoms with E-state index in [2.05, 4.69) is 24.5 Å². The maximum absolute atomic E-state index is 12.3. The molecule has 0 radical (unpaired) electrons. The molecule has 104 valence electrons. The van der Waals surface area contributed by atoms with E-state index in [1.165, 1.54) is 32.1 Å². The van der Waals surface area contributed by atoms with Crippen LogP contribution in [0.15, 0.2) is 0 Å². The topological polar surface area (TPSA) is 41.1 Å². The van der Waals surface area contributed by atoms with Gasteiger partial charge in [0.2, 0.25) is 5.91 Å². The highest BCUT2D eigenvalue weighted by atomic mass is 16.1. The molecule has 2 unspecified atom stereocenters. The van der Waals surface area contributed by atoms with E-state index in [1.54, 1.807) is 0 Å². The van der Waals surface area contributed by atoms with Crippen LogP contribution in [0.25, 0.3) is 0 Å². The van der Waals surface area contributed by atoms with Crippen LogP contribution < -0.4 is 10.6 Å². The van der Waals surface area contributed by atoms with E-state index in [0.717, 1.165) is 25.3 Å². The van der Waals surface area contributed by atoms with E-state index >= 15 is 0 Å². The van der Waals surface area contributed by atoms with Crippen molar-refractivity contribution in [2.24, 2.45) is 11.8 Å². The Bertz CT molecular complexity index is 280. The van der Waals surface area contributed by atoms with Crippen LogP contribution in [-0.4, -0.2) is 24.5 Å².